The van der Waals surface area contributed by atoms with Crippen LogP contribution in [0.2, 0.25) is 0 Å². The molecular weight excluding hydrogens is 154 g/mol. The van der Waals surface area contributed by atoms with Crippen LogP contribution in [0, 0.1) is 0 Å². The molecule has 5 heteroatoms. The second-order valence-electron chi connectivity index (χ2n) is 1.98. The first-order valence-electron chi connectivity index (χ1n) is 3.42. The topological polar surface area (TPSA) is 41.1 Å². The van der Waals surface area contributed by atoms with E-state index < -0.39 is 13.0 Å². The minimum atomic E-state index is -2.40. The molecule has 2 N–H and O–H groups in total. The molecule has 0 aliphatic heterocycles. The van der Waals surface area contributed by atoms with E-state index in [1.165, 1.54) is 0 Å². The van der Waals surface area contributed by atoms with Crippen molar-refractivity contribution in [3.63, 3.8) is 0 Å². The first-order valence-corrected chi connectivity index (χ1v) is 3.42. The molecule has 0 spiro atoms. The number of halogens is 2. The van der Waals surface area contributed by atoms with Crippen LogP contribution >= 0.6 is 0 Å². The number of nitrogens with one attached hydrogen (secondary N) is 2. The highest BCUT2D eigenvalue weighted by Gasteiger charge is 2.02. The fourth-order valence-electron chi connectivity index (χ4n) is 0.554. The van der Waals surface area contributed by atoms with E-state index in [0.29, 0.717) is 6.54 Å². The largest absolute Gasteiger partial charge is 0.355 e. The number of rotatable bonds is 5. The van der Waals surface area contributed by atoms with Crippen molar-refractivity contribution in [2.45, 2.75) is 13.3 Å². The molecule has 3 nitrogen and oxygen atoms in total. The molecular formula is C6H12F2N2O. The van der Waals surface area contributed by atoms with Crippen molar-refractivity contribution in [3.05, 3.63) is 0 Å². The zero-order valence-electron chi connectivity index (χ0n) is 6.36. The molecule has 1 amide bonds. The summed E-state index contributed by atoms with van der Waals surface area (Å²) in [5.74, 6) is -0.256. The SMILES string of the molecule is CCNC(=O)CNCC(F)F. The summed E-state index contributed by atoms with van der Waals surface area (Å²) in [5.41, 5.74) is 0. The maximum absolute atomic E-state index is 11.5. The summed E-state index contributed by atoms with van der Waals surface area (Å²) >= 11 is 0. The van der Waals surface area contributed by atoms with Crippen LogP contribution in [0.4, 0.5) is 8.78 Å². The molecule has 0 atom stereocenters. The van der Waals surface area contributed by atoms with E-state index >= 15 is 0 Å². The van der Waals surface area contributed by atoms with E-state index in [2.05, 4.69) is 10.6 Å². The van der Waals surface area contributed by atoms with Gasteiger partial charge in [-0.05, 0) is 6.92 Å². The molecule has 0 aromatic heterocycles. The van der Waals surface area contributed by atoms with E-state index in [0.717, 1.165) is 0 Å². The molecule has 66 valence electrons. The summed E-state index contributed by atoms with van der Waals surface area (Å²) in [7, 11) is 0. The summed E-state index contributed by atoms with van der Waals surface area (Å²) in [6, 6.07) is 0. The summed E-state index contributed by atoms with van der Waals surface area (Å²) in [6.45, 7) is 1.81. The van der Waals surface area contributed by atoms with Gasteiger partial charge in [-0.25, -0.2) is 8.78 Å². The molecule has 0 unspecified atom stereocenters. The Morgan fingerprint density at radius 1 is 1.55 bits per heavy atom. The van der Waals surface area contributed by atoms with Crippen molar-refractivity contribution in [1.29, 1.82) is 0 Å². The normalized spacial score (nSPS) is 10.2. The minimum Gasteiger partial charge on any atom is -0.355 e. The fourth-order valence-corrected chi connectivity index (χ4v) is 0.554. The van der Waals surface area contributed by atoms with E-state index in [9.17, 15) is 13.6 Å². The summed E-state index contributed by atoms with van der Waals surface area (Å²) in [6.07, 6.45) is -2.40. The van der Waals surface area contributed by atoms with E-state index in [1.54, 1.807) is 6.92 Å². The van der Waals surface area contributed by atoms with Gasteiger partial charge < -0.3 is 10.6 Å². The van der Waals surface area contributed by atoms with Crippen molar-refractivity contribution in [3.8, 4) is 0 Å². The monoisotopic (exact) mass is 166 g/mol. The zero-order valence-corrected chi connectivity index (χ0v) is 6.36. The van der Waals surface area contributed by atoms with Gasteiger partial charge in [-0.15, -0.1) is 0 Å². The molecule has 0 aliphatic carbocycles. The highest BCUT2D eigenvalue weighted by atomic mass is 19.3. The molecule has 0 fully saturated rings. The van der Waals surface area contributed by atoms with Crippen LogP contribution in [-0.2, 0) is 4.79 Å². The van der Waals surface area contributed by atoms with E-state index in [1.807, 2.05) is 0 Å². The Morgan fingerprint density at radius 3 is 2.64 bits per heavy atom. The summed E-state index contributed by atoms with van der Waals surface area (Å²) in [5, 5.41) is 4.78. The van der Waals surface area contributed by atoms with Crippen molar-refractivity contribution in [1.82, 2.24) is 10.6 Å². The van der Waals surface area contributed by atoms with Crippen molar-refractivity contribution < 1.29 is 13.6 Å². The molecule has 0 saturated heterocycles. The number of carbonyl (C=O) groups excluding carboxylic acids is 1. The fraction of sp³-hybridized carbons (Fsp3) is 0.833. The van der Waals surface area contributed by atoms with Gasteiger partial charge in [0.15, 0.2) is 0 Å². The average molecular weight is 166 g/mol. The van der Waals surface area contributed by atoms with Gasteiger partial charge in [-0.1, -0.05) is 0 Å². The Balaban J connectivity index is 3.17. The maximum Gasteiger partial charge on any atom is 0.250 e. The van der Waals surface area contributed by atoms with Gasteiger partial charge in [0.05, 0.1) is 13.1 Å². The molecule has 0 saturated carbocycles. The molecule has 0 heterocycles. The van der Waals surface area contributed by atoms with Crippen LogP contribution in [0.1, 0.15) is 6.92 Å². The van der Waals surface area contributed by atoms with E-state index in [-0.39, 0.29) is 12.5 Å². The molecule has 0 aromatic carbocycles. The van der Waals surface area contributed by atoms with Gasteiger partial charge >= 0.3 is 0 Å². The van der Waals surface area contributed by atoms with Crippen LogP contribution in [0.3, 0.4) is 0 Å². The van der Waals surface area contributed by atoms with Gasteiger partial charge in [0.25, 0.3) is 6.43 Å². The van der Waals surface area contributed by atoms with Crippen LogP contribution in [0.25, 0.3) is 0 Å². The van der Waals surface area contributed by atoms with Crippen LogP contribution in [-0.4, -0.2) is 32.0 Å². The highest BCUT2D eigenvalue weighted by Crippen LogP contribution is 1.86. The second kappa shape index (κ2) is 6.03. The number of likely N-dealkylation sites (N-methyl/N-ethyl adjacent to an activating group) is 1. The van der Waals surface area contributed by atoms with Gasteiger partial charge in [-0.3, -0.25) is 4.79 Å². The number of alkyl halides is 2. The number of amides is 1. The molecule has 0 bridgehead atoms. The Hall–Kier alpha value is -0.710. The average Bonchev–Trinajstić information content (AvgIpc) is 1.87. The third-order valence-corrected chi connectivity index (χ3v) is 0.958. The first-order chi connectivity index (χ1) is 5.16. The van der Waals surface area contributed by atoms with E-state index in [4.69, 9.17) is 0 Å². The zero-order chi connectivity index (χ0) is 8.69. The lowest BCUT2D eigenvalue weighted by molar-refractivity contribution is -0.120. The lowest BCUT2D eigenvalue weighted by Gasteiger charge is -2.03. The third-order valence-electron chi connectivity index (χ3n) is 0.958. The quantitative estimate of drug-likeness (QED) is 0.602. The van der Waals surface area contributed by atoms with Crippen LogP contribution in [0.5, 0.6) is 0 Å². The summed E-state index contributed by atoms with van der Waals surface area (Å²) < 4.78 is 23.0. The Kier molecular flexibility index (Phi) is 5.64. The smallest absolute Gasteiger partial charge is 0.250 e. The molecule has 0 aromatic rings. The molecule has 0 radical (unpaired) electrons. The Bertz CT molecular complexity index is 119. The Labute approximate surface area is 64.2 Å². The van der Waals surface area contributed by atoms with Gasteiger partial charge in [0.2, 0.25) is 5.91 Å². The molecule has 11 heavy (non-hydrogen) atoms. The minimum absolute atomic E-state index is 0.0435. The van der Waals surface area contributed by atoms with Crippen LogP contribution in [0.15, 0.2) is 0 Å². The van der Waals surface area contributed by atoms with Crippen molar-refractivity contribution in [2.75, 3.05) is 19.6 Å². The lowest BCUT2D eigenvalue weighted by Crippen LogP contribution is -2.35. The standard InChI is InChI=1S/C6H12F2N2O/c1-2-10-6(11)4-9-3-5(7)8/h5,9H,2-4H2,1H3,(H,10,11). The molecule has 0 aliphatic rings. The van der Waals surface area contributed by atoms with Gasteiger partial charge in [-0.2, -0.15) is 0 Å². The first kappa shape index (κ1) is 10.3. The number of carbonyl (C=O) groups is 1. The second-order valence-corrected chi connectivity index (χ2v) is 1.98. The van der Waals surface area contributed by atoms with Crippen molar-refractivity contribution in [2.24, 2.45) is 0 Å². The van der Waals surface area contributed by atoms with Crippen molar-refractivity contribution >= 4 is 5.91 Å². The molecule has 0 rings (SSSR count). The maximum atomic E-state index is 11.5. The Morgan fingerprint density at radius 2 is 2.18 bits per heavy atom. The predicted octanol–water partition coefficient (Wildman–Crippen LogP) is -0.0228. The van der Waals surface area contributed by atoms with Crippen LogP contribution < -0.4 is 10.6 Å². The highest BCUT2D eigenvalue weighted by molar-refractivity contribution is 5.77. The number of hydrogen-bond acceptors (Lipinski definition) is 2. The third kappa shape index (κ3) is 7.18. The van der Waals surface area contributed by atoms with Gasteiger partial charge in [0.1, 0.15) is 0 Å². The summed E-state index contributed by atoms with van der Waals surface area (Å²) in [4.78, 5) is 10.6. The lowest BCUT2D eigenvalue weighted by atomic mass is 10.5. The number of hydrogen-bond donors (Lipinski definition) is 2. The van der Waals surface area contributed by atoms with Gasteiger partial charge in [0, 0.05) is 6.54 Å². The predicted molar refractivity (Wildman–Crippen MR) is 37.6 cm³/mol.